The van der Waals surface area contributed by atoms with E-state index in [1.165, 1.54) is 0 Å². The summed E-state index contributed by atoms with van der Waals surface area (Å²) in [5.74, 6) is -0.927. The van der Waals surface area contributed by atoms with E-state index in [0.29, 0.717) is 6.42 Å². The van der Waals surface area contributed by atoms with E-state index in [0.717, 1.165) is 24.3 Å². The van der Waals surface area contributed by atoms with Crippen molar-refractivity contribution in [2.45, 2.75) is 31.5 Å². The lowest BCUT2D eigenvalue weighted by atomic mass is 10.0. The van der Waals surface area contributed by atoms with Crippen LogP contribution in [0.3, 0.4) is 0 Å². The van der Waals surface area contributed by atoms with Crippen LogP contribution in [0.1, 0.15) is 19.4 Å². The first kappa shape index (κ1) is 16.7. The summed E-state index contributed by atoms with van der Waals surface area (Å²) < 4.78 is 16.4. The minimum Gasteiger partial charge on any atom is -0.447 e. The molecule has 8 heteroatoms. The van der Waals surface area contributed by atoms with Crippen molar-refractivity contribution < 1.29 is 28.7 Å². The Morgan fingerprint density at radius 3 is 2.50 bits per heavy atom. The number of carbonyl (C=O) groups excluding carboxylic acids is 2. The Balaban J connectivity index is 2.25. The predicted octanol–water partition coefficient (Wildman–Crippen LogP) is 1.53. The number of benzene rings is 1. The standard InChI is InChI=1S/C14H18NO6P/c1-14(2,22(18,19)20)12(16)15-11(9-21-13(15)17)8-10-6-4-3-5-7-10/h3-7,11H,8-9H2,1-2H3,(H2,18,19,20)/t11-/m0/s1. The van der Waals surface area contributed by atoms with E-state index in [-0.39, 0.29) is 6.61 Å². The van der Waals surface area contributed by atoms with Crippen LogP contribution >= 0.6 is 7.60 Å². The van der Waals surface area contributed by atoms with Crippen molar-refractivity contribution in [1.29, 1.82) is 0 Å². The van der Waals surface area contributed by atoms with Crippen LogP contribution in [-0.4, -0.2) is 44.5 Å². The van der Waals surface area contributed by atoms with Gasteiger partial charge in [-0.1, -0.05) is 30.3 Å². The molecule has 0 radical (unpaired) electrons. The van der Waals surface area contributed by atoms with Gasteiger partial charge in [-0.05, 0) is 25.8 Å². The molecule has 0 aromatic heterocycles. The van der Waals surface area contributed by atoms with Gasteiger partial charge >= 0.3 is 13.7 Å². The molecule has 1 aromatic rings. The lowest BCUT2D eigenvalue weighted by molar-refractivity contribution is -0.131. The van der Waals surface area contributed by atoms with Gasteiger partial charge in [-0.2, -0.15) is 0 Å². The zero-order valence-electron chi connectivity index (χ0n) is 12.3. The lowest BCUT2D eigenvalue weighted by Gasteiger charge is -2.30. The topological polar surface area (TPSA) is 104 Å². The van der Waals surface area contributed by atoms with Crippen molar-refractivity contribution in [3.63, 3.8) is 0 Å². The quantitative estimate of drug-likeness (QED) is 0.813. The highest BCUT2D eigenvalue weighted by atomic mass is 31.2. The zero-order valence-corrected chi connectivity index (χ0v) is 13.2. The third-order valence-electron chi connectivity index (χ3n) is 3.75. The Kier molecular flexibility index (Phi) is 4.42. The maximum absolute atomic E-state index is 12.5. The van der Waals surface area contributed by atoms with E-state index in [1.54, 1.807) is 0 Å². The molecule has 0 spiro atoms. The largest absolute Gasteiger partial charge is 0.447 e. The molecule has 2 amide bonds. The summed E-state index contributed by atoms with van der Waals surface area (Å²) in [5, 5.41) is -1.98. The van der Waals surface area contributed by atoms with Crippen LogP contribution in [-0.2, 0) is 20.5 Å². The number of ether oxygens (including phenoxy) is 1. The average molecular weight is 327 g/mol. The molecule has 22 heavy (non-hydrogen) atoms. The van der Waals surface area contributed by atoms with Gasteiger partial charge in [0.15, 0.2) is 0 Å². The van der Waals surface area contributed by atoms with E-state index >= 15 is 0 Å². The Bertz CT molecular complexity index is 623. The van der Waals surface area contributed by atoms with Gasteiger partial charge < -0.3 is 14.5 Å². The minimum absolute atomic E-state index is 0.0106. The molecule has 1 heterocycles. The third-order valence-corrected chi connectivity index (χ3v) is 5.39. The zero-order chi connectivity index (χ0) is 16.5. The van der Waals surface area contributed by atoms with E-state index in [2.05, 4.69) is 0 Å². The Morgan fingerprint density at radius 2 is 1.95 bits per heavy atom. The first-order valence-electron chi connectivity index (χ1n) is 6.74. The second-order valence-corrected chi connectivity index (χ2v) is 7.90. The fourth-order valence-corrected chi connectivity index (χ4v) is 2.52. The number of cyclic esters (lactones) is 1. The van der Waals surface area contributed by atoms with Gasteiger partial charge in [0.1, 0.15) is 11.8 Å². The van der Waals surface area contributed by atoms with Gasteiger partial charge in [0.25, 0.3) is 0 Å². The van der Waals surface area contributed by atoms with Crippen LogP contribution in [0.2, 0.25) is 0 Å². The van der Waals surface area contributed by atoms with Crippen molar-refractivity contribution in [3.8, 4) is 0 Å². The highest BCUT2D eigenvalue weighted by Gasteiger charge is 2.52. The molecule has 120 valence electrons. The monoisotopic (exact) mass is 327 g/mol. The summed E-state index contributed by atoms with van der Waals surface area (Å²) >= 11 is 0. The normalized spacial score (nSPS) is 19.2. The highest BCUT2D eigenvalue weighted by Crippen LogP contribution is 2.51. The van der Waals surface area contributed by atoms with Gasteiger partial charge in [0.05, 0.1) is 6.04 Å². The summed E-state index contributed by atoms with van der Waals surface area (Å²) in [6.07, 6.45) is -0.498. The van der Waals surface area contributed by atoms with Crippen LogP contribution in [0, 0.1) is 0 Å². The molecule has 2 rings (SSSR count). The van der Waals surface area contributed by atoms with Gasteiger partial charge in [-0.25, -0.2) is 9.69 Å². The maximum Gasteiger partial charge on any atom is 0.417 e. The summed E-state index contributed by atoms with van der Waals surface area (Å²) in [7, 11) is -4.71. The van der Waals surface area contributed by atoms with Crippen LogP contribution in [0.5, 0.6) is 0 Å². The van der Waals surface area contributed by atoms with Gasteiger partial charge in [-0.3, -0.25) is 9.36 Å². The molecule has 1 aliphatic rings. The molecule has 0 aliphatic carbocycles. The van der Waals surface area contributed by atoms with E-state index in [9.17, 15) is 23.9 Å². The molecule has 0 unspecified atom stereocenters. The van der Waals surface area contributed by atoms with Crippen molar-refractivity contribution in [1.82, 2.24) is 4.90 Å². The molecule has 1 aromatic carbocycles. The molecule has 0 bridgehead atoms. The smallest absolute Gasteiger partial charge is 0.417 e. The molecule has 1 saturated heterocycles. The van der Waals surface area contributed by atoms with Crippen molar-refractivity contribution >= 4 is 19.6 Å². The highest BCUT2D eigenvalue weighted by molar-refractivity contribution is 7.54. The van der Waals surface area contributed by atoms with E-state index in [4.69, 9.17) is 4.74 Å². The van der Waals surface area contributed by atoms with E-state index < -0.39 is 30.8 Å². The molecule has 7 nitrogen and oxygen atoms in total. The maximum atomic E-state index is 12.5. The molecular formula is C14H18NO6P. The predicted molar refractivity (Wildman–Crippen MR) is 78.3 cm³/mol. The second kappa shape index (κ2) is 5.83. The number of hydrogen-bond acceptors (Lipinski definition) is 4. The number of imide groups is 1. The fourth-order valence-electron chi connectivity index (χ4n) is 2.17. The van der Waals surface area contributed by atoms with Gasteiger partial charge in [0.2, 0.25) is 5.91 Å². The number of amides is 2. The number of nitrogens with zero attached hydrogens (tertiary/aromatic N) is 1. The fraction of sp³-hybridized carbons (Fsp3) is 0.429. The third kappa shape index (κ3) is 3.06. The Morgan fingerprint density at radius 1 is 1.36 bits per heavy atom. The number of carbonyl (C=O) groups is 2. The van der Waals surface area contributed by atoms with Crippen LogP contribution < -0.4 is 0 Å². The summed E-state index contributed by atoms with van der Waals surface area (Å²) in [6.45, 7) is 2.26. The number of rotatable bonds is 4. The second-order valence-electron chi connectivity index (χ2n) is 5.70. The van der Waals surface area contributed by atoms with E-state index in [1.807, 2.05) is 30.3 Å². The summed E-state index contributed by atoms with van der Waals surface area (Å²) in [4.78, 5) is 43.8. The SMILES string of the molecule is CC(C)(C(=O)N1C(=O)OC[C@@H]1Cc1ccccc1)P(=O)(O)O. The van der Waals surface area contributed by atoms with Crippen molar-refractivity contribution in [2.75, 3.05) is 6.61 Å². The molecule has 2 N–H and O–H groups in total. The Hall–Kier alpha value is -1.69. The van der Waals surface area contributed by atoms with Crippen LogP contribution in [0.25, 0.3) is 0 Å². The van der Waals surface area contributed by atoms with Gasteiger partial charge in [0, 0.05) is 0 Å². The molecule has 1 aliphatic heterocycles. The average Bonchev–Trinajstić information content (AvgIpc) is 2.78. The first-order chi connectivity index (χ1) is 10.1. The number of hydrogen-bond donors (Lipinski definition) is 2. The van der Waals surface area contributed by atoms with Crippen molar-refractivity contribution in [2.24, 2.45) is 0 Å². The van der Waals surface area contributed by atoms with Crippen molar-refractivity contribution in [3.05, 3.63) is 35.9 Å². The van der Waals surface area contributed by atoms with Gasteiger partial charge in [-0.15, -0.1) is 0 Å². The summed E-state index contributed by atoms with van der Waals surface area (Å²) in [5.41, 5.74) is 0.901. The molecule has 1 fully saturated rings. The lowest BCUT2D eigenvalue weighted by Crippen LogP contribution is -2.49. The first-order valence-corrected chi connectivity index (χ1v) is 8.36. The molecule has 1 atom stereocenters. The molecular weight excluding hydrogens is 309 g/mol. The Labute approximate surface area is 128 Å². The summed E-state index contributed by atoms with van der Waals surface area (Å²) in [6, 6.07) is 8.63. The van der Waals surface area contributed by atoms with Crippen LogP contribution in [0.15, 0.2) is 30.3 Å². The molecule has 0 saturated carbocycles. The minimum atomic E-state index is -4.71. The van der Waals surface area contributed by atoms with Crippen LogP contribution in [0.4, 0.5) is 4.79 Å².